The second kappa shape index (κ2) is 5.31. The minimum atomic E-state index is -0.475. The molecular formula is C17H9BrN2O4. The SMILES string of the molecule is O=c1ccc2oc3ccc(Br)cc3c2n1-c1ccc([N+](=O)[O-])cc1. The molecule has 2 heterocycles. The van der Waals surface area contributed by atoms with Crippen molar-refractivity contribution in [2.75, 3.05) is 0 Å². The molecular weight excluding hydrogens is 376 g/mol. The Morgan fingerprint density at radius 1 is 1.00 bits per heavy atom. The molecule has 0 unspecified atom stereocenters. The summed E-state index contributed by atoms with van der Waals surface area (Å²) in [4.78, 5) is 22.8. The molecule has 0 saturated heterocycles. The van der Waals surface area contributed by atoms with Gasteiger partial charge in [0.1, 0.15) is 11.1 Å². The second-order valence-electron chi connectivity index (χ2n) is 5.24. The molecule has 0 amide bonds. The van der Waals surface area contributed by atoms with Crippen LogP contribution in [0.4, 0.5) is 5.69 Å². The molecule has 118 valence electrons. The Hall–Kier alpha value is -2.93. The summed E-state index contributed by atoms with van der Waals surface area (Å²) < 4.78 is 8.16. The number of hydrogen-bond donors (Lipinski definition) is 0. The summed E-state index contributed by atoms with van der Waals surface area (Å²) in [7, 11) is 0. The number of furan rings is 1. The van der Waals surface area contributed by atoms with Gasteiger partial charge in [0.05, 0.1) is 4.92 Å². The van der Waals surface area contributed by atoms with Crippen LogP contribution in [0.3, 0.4) is 0 Å². The largest absolute Gasteiger partial charge is 0.454 e. The molecule has 0 fully saturated rings. The minimum Gasteiger partial charge on any atom is -0.454 e. The highest BCUT2D eigenvalue weighted by atomic mass is 79.9. The number of pyridine rings is 1. The van der Waals surface area contributed by atoms with Gasteiger partial charge in [-0.15, -0.1) is 0 Å². The van der Waals surface area contributed by atoms with Gasteiger partial charge in [-0.25, -0.2) is 0 Å². The molecule has 2 aromatic heterocycles. The van der Waals surface area contributed by atoms with Gasteiger partial charge in [-0.1, -0.05) is 15.9 Å². The lowest BCUT2D eigenvalue weighted by molar-refractivity contribution is -0.384. The van der Waals surface area contributed by atoms with Crippen LogP contribution in [0.15, 0.2) is 68.3 Å². The van der Waals surface area contributed by atoms with E-state index in [4.69, 9.17) is 4.42 Å². The third-order valence-corrected chi connectivity index (χ3v) is 4.28. The number of nitro groups is 1. The number of halogens is 1. The van der Waals surface area contributed by atoms with Crippen LogP contribution in [0, 0.1) is 10.1 Å². The fourth-order valence-corrected chi connectivity index (χ4v) is 3.09. The van der Waals surface area contributed by atoms with Crippen molar-refractivity contribution in [1.82, 2.24) is 4.57 Å². The van der Waals surface area contributed by atoms with Crippen LogP contribution in [-0.2, 0) is 0 Å². The average molecular weight is 385 g/mol. The Morgan fingerprint density at radius 3 is 2.42 bits per heavy atom. The van der Waals surface area contributed by atoms with Gasteiger partial charge in [0.15, 0.2) is 5.58 Å². The first kappa shape index (κ1) is 14.6. The predicted octanol–water partition coefficient (Wildman–Crippen LogP) is 4.41. The zero-order valence-electron chi connectivity index (χ0n) is 12.1. The summed E-state index contributed by atoms with van der Waals surface area (Å²) in [5, 5.41) is 11.6. The first-order valence-corrected chi connectivity index (χ1v) is 7.82. The summed E-state index contributed by atoms with van der Waals surface area (Å²) in [5.41, 5.74) is 2.14. The maximum Gasteiger partial charge on any atom is 0.269 e. The molecule has 0 aliphatic heterocycles. The van der Waals surface area contributed by atoms with Crippen LogP contribution in [0.1, 0.15) is 0 Å². The Bertz CT molecular complexity index is 1160. The van der Waals surface area contributed by atoms with E-state index in [1.54, 1.807) is 18.2 Å². The molecule has 2 aromatic carbocycles. The molecule has 0 aliphatic carbocycles. The molecule has 4 rings (SSSR count). The zero-order valence-corrected chi connectivity index (χ0v) is 13.7. The van der Waals surface area contributed by atoms with Gasteiger partial charge in [-0.05, 0) is 36.4 Å². The molecule has 24 heavy (non-hydrogen) atoms. The van der Waals surface area contributed by atoms with Crippen molar-refractivity contribution in [3.63, 3.8) is 0 Å². The van der Waals surface area contributed by atoms with Crippen molar-refractivity contribution in [3.8, 4) is 5.69 Å². The number of aromatic nitrogens is 1. The van der Waals surface area contributed by atoms with Crippen molar-refractivity contribution in [2.24, 2.45) is 0 Å². The van der Waals surface area contributed by atoms with Crippen LogP contribution in [0.25, 0.3) is 27.8 Å². The van der Waals surface area contributed by atoms with Gasteiger partial charge >= 0.3 is 0 Å². The summed E-state index contributed by atoms with van der Waals surface area (Å²) in [5.74, 6) is 0. The Kier molecular flexibility index (Phi) is 3.24. The molecule has 7 heteroatoms. The van der Waals surface area contributed by atoms with Gasteiger partial charge in [0.2, 0.25) is 0 Å². The lowest BCUT2D eigenvalue weighted by atomic mass is 10.2. The van der Waals surface area contributed by atoms with Crippen molar-refractivity contribution in [2.45, 2.75) is 0 Å². The number of nitro benzene ring substituents is 1. The second-order valence-corrected chi connectivity index (χ2v) is 6.15. The van der Waals surface area contributed by atoms with E-state index in [0.29, 0.717) is 22.4 Å². The summed E-state index contributed by atoms with van der Waals surface area (Å²) in [6, 6.07) is 14.5. The molecule has 0 N–H and O–H groups in total. The van der Waals surface area contributed by atoms with Crippen molar-refractivity contribution < 1.29 is 9.34 Å². The van der Waals surface area contributed by atoms with Gasteiger partial charge in [0, 0.05) is 33.7 Å². The van der Waals surface area contributed by atoms with Crippen molar-refractivity contribution in [1.29, 1.82) is 0 Å². The molecule has 0 spiro atoms. The molecule has 0 radical (unpaired) electrons. The number of fused-ring (bicyclic) bond motifs is 3. The maximum atomic E-state index is 12.5. The maximum absolute atomic E-state index is 12.5. The molecule has 0 bridgehead atoms. The third kappa shape index (κ3) is 2.21. The first-order chi connectivity index (χ1) is 11.5. The molecule has 0 atom stereocenters. The van der Waals surface area contributed by atoms with E-state index in [2.05, 4.69) is 15.9 Å². The minimum absolute atomic E-state index is 0.0289. The number of hydrogen-bond acceptors (Lipinski definition) is 4. The van der Waals surface area contributed by atoms with Crippen molar-refractivity contribution >= 4 is 43.7 Å². The lowest BCUT2D eigenvalue weighted by Crippen LogP contribution is -2.16. The van der Waals surface area contributed by atoms with E-state index in [0.717, 1.165) is 9.86 Å². The Labute approximate surface area is 143 Å². The van der Waals surface area contributed by atoms with Gasteiger partial charge in [0.25, 0.3) is 11.2 Å². The molecule has 0 aliphatic rings. The van der Waals surface area contributed by atoms with E-state index in [-0.39, 0.29) is 11.2 Å². The van der Waals surface area contributed by atoms with Gasteiger partial charge < -0.3 is 4.42 Å². The van der Waals surface area contributed by atoms with E-state index in [1.165, 1.54) is 22.8 Å². The van der Waals surface area contributed by atoms with Gasteiger partial charge in [-0.3, -0.25) is 19.5 Å². The topological polar surface area (TPSA) is 78.3 Å². The summed E-state index contributed by atoms with van der Waals surface area (Å²) >= 11 is 3.42. The Morgan fingerprint density at radius 2 is 1.71 bits per heavy atom. The molecule has 4 aromatic rings. The van der Waals surface area contributed by atoms with E-state index >= 15 is 0 Å². The lowest BCUT2D eigenvalue weighted by Gasteiger charge is -2.07. The highest BCUT2D eigenvalue weighted by Crippen LogP contribution is 2.31. The van der Waals surface area contributed by atoms with Crippen LogP contribution < -0.4 is 5.56 Å². The van der Waals surface area contributed by atoms with Crippen LogP contribution in [-0.4, -0.2) is 9.49 Å². The van der Waals surface area contributed by atoms with E-state index in [1.807, 2.05) is 18.2 Å². The number of nitrogens with zero attached hydrogens (tertiary/aromatic N) is 2. The fourth-order valence-electron chi connectivity index (χ4n) is 2.73. The third-order valence-electron chi connectivity index (χ3n) is 3.79. The quantitative estimate of drug-likeness (QED) is 0.378. The highest BCUT2D eigenvalue weighted by molar-refractivity contribution is 9.10. The molecule has 6 nitrogen and oxygen atoms in total. The van der Waals surface area contributed by atoms with Crippen LogP contribution in [0.2, 0.25) is 0 Å². The normalized spacial score (nSPS) is 11.2. The number of rotatable bonds is 2. The number of benzene rings is 2. The summed E-state index contributed by atoms with van der Waals surface area (Å²) in [6.45, 7) is 0. The summed E-state index contributed by atoms with van der Waals surface area (Å²) in [6.07, 6.45) is 0. The smallest absolute Gasteiger partial charge is 0.269 e. The zero-order chi connectivity index (χ0) is 16.8. The standard InChI is InChI=1S/C17H9BrN2O4/c18-10-1-6-14-13(9-10)17-15(24-14)7-8-16(21)19(17)11-2-4-12(5-3-11)20(22)23/h1-9H. The van der Waals surface area contributed by atoms with Crippen LogP contribution in [0.5, 0.6) is 0 Å². The fraction of sp³-hybridized carbons (Fsp3) is 0. The number of non-ortho nitro benzene ring substituents is 1. The van der Waals surface area contributed by atoms with Crippen molar-refractivity contribution in [3.05, 3.63) is 79.5 Å². The Balaban J connectivity index is 2.08. The predicted molar refractivity (Wildman–Crippen MR) is 93.7 cm³/mol. The highest BCUT2D eigenvalue weighted by Gasteiger charge is 2.15. The molecule has 0 saturated carbocycles. The van der Waals surface area contributed by atoms with E-state index in [9.17, 15) is 14.9 Å². The average Bonchev–Trinajstić information content (AvgIpc) is 2.93. The van der Waals surface area contributed by atoms with Crippen LogP contribution >= 0.6 is 15.9 Å². The van der Waals surface area contributed by atoms with E-state index < -0.39 is 4.92 Å². The van der Waals surface area contributed by atoms with Gasteiger partial charge in [-0.2, -0.15) is 0 Å². The monoisotopic (exact) mass is 384 g/mol. The first-order valence-electron chi connectivity index (χ1n) is 7.03.